The summed E-state index contributed by atoms with van der Waals surface area (Å²) in [4.78, 5) is 0. The Hall–Kier alpha value is -1.48. The van der Waals surface area contributed by atoms with E-state index >= 15 is 0 Å². The number of aliphatic hydroxyl groups excluding tert-OH is 1. The van der Waals surface area contributed by atoms with Crippen molar-refractivity contribution in [3.05, 3.63) is 30.5 Å². The monoisotopic (exact) mass is 219 g/mol. The minimum absolute atomic E-state index is 0.341. The van der Waals surface area contributed by atoms with Crippen molar-refractivity contribution in [3.63, 3.8) is 0 Å². The molecule has 0 radical (unpaired) electrons. The molecule has 1 heterocycles. The van der Waals surface area contributed by atoms with E-state index in [0.717, 1.165) is 16.7 Å². The van der Waals surface area contributed by atoms with E-state index in [0.29, 0.717) is 13.2 Å². The summed E-state index contributed by atoms with van der Waals surface area (Å²) in [6.07, 6.45) is 1.64. The number of ether oxygens (including phenoxy) is 1. The zero-order valence-corrected chi connectivity index (χ0v) is 9.68. The van der Waals surface area contributed by atoms with Crippen LogP contribution in [0.3, 0.4) is 0 Å². The molecule has 0 fully saturated rings. The second-order valence-corrected chi connectivity index (χ2v) is 3.94. The summed E-state index contributed by atoms with van der Waals surface area (Å²) < 4.78 is 7.61. The largest absolute Gasteiger partial charge is 0.493 e. The van der Waals surface area contributed by atoms with Crippen LogP contribution in [0, 0.1) is 0 Å². The van der Waals surface area contributed by atoms with E-state index in [-0.39, 0.29) is 6.10 Å². The van der Waals surface area contributed by atoms with Gasteiger partial charge in [0.25, 0.3) is 0 Å². The highest BCUT2D eigenvalue weighted by atomic mass is 16.5. The molecule has 2 aromatic rings. The fraction of sp³-hybridized carbons (Fsp3) is 0.385. The first-order valence-corrected chi connectivity index (χ1v) is 5.61. The van der Waals surface area contributed by atoms with Gasteiger partial charge in [0, 0.05) is 18.1 Å². The van der Waals surface area contributed by atoms with Crippen LogP contribution in [0.25, 0.3) is 10.9 Å². The van der Waals surface area contributed by atoms with E-state index in [1.54, 1.807) is 6.92 Å². The number of hydrogen-bond acceptors (Lipinski definition) is 2. The molecule has 1 N–H and O–H groups in total. The van der Waals surface area contributed by atoms with E-state index in [1.807, 2.05) is 42.0 Å². The Morgan fingerprint density at radius 2 is 2.19 bits per heavy atom. The average Bonchev–Trinajstić information content (AvgIpc) is 2.63. The van der Waals surface area contributed by atoms with Gasteiger partial charge in [0.2, 0.25) is 0 Å². The third-order valence-corrected chi connectivity index (χ3v) is 2.53. The van der Waals surface area contributed by atoms with Crippen LogP contribution in [-0.2, 0) is 6.54 Å². The number of nitrogens with zero attached hydrogens (tertiary/aromatic N) is 1. The van der Waals surface area contributed by atoms with Crippen LogP contribution in [0.5, 0.6) is 5.75 Å². The fourth-order valence-corrected chi connectivity index (χ4v) is 1.92. The van der Waals surface area contributed by atoms with Crippen molar-refractivity contribution in [1.82, 2.24) is 4.57 Å². The quantitative estimate of drug-likeness (QED) is 0.857. The van der Waals surface area contributed by atoms with Gasteiger partial charge in [-0.25, -0.2) is 0 Å². The summed E-state index contributed by atoms with van der Waals surface area (Å²) >= 11 is 0. The van der Waals surface area contributed by atoms with Gasteiger partial charge in [0.1, 0.15) is 5.75 Å². The van der Waals surface area contributed by atoms with Crippen molar-refractivity contribution < 1.29 is 9.84 Å². The van der Waals surface area contributed by atoms with E-state index in [2.05, 4.69) is 0 Å². The number of benzene rings is 1. The summed E-state index contributed by atoms with van der Waals surface area (Å²) in [5, 5.41) is 10.5. The molecule has 0 aliphatic carbocycles. The summed E-state index contributed by atoms with van der Waals surface area (Å²) in [5.41, 5.74) is 1.10. The molecule has 16 heavy (non-hydrogen) atoms. The maximum atomic E-state index is 9.40. The molecule has 1 atom stereocenters. The molecule has 1 aromatic carbocycles. The summed E-state index contributed by atoms with van der Waals surface area (Å²) in [5.74, 6) is 0.907. The molecular formula is C13H17NO2. The molecule has 0 saturated heterocycles. The van der Waals surface area contributed by atoms with Crippen molar-refractivity contribution in [2.24, 2.45) is 0 Å². The van der Waals surface area contributed by atoms with E-state index in [4.69, 9.17) is 4.74 Å². The molecule has 2 rings (SSSR count). The highest BCUT2D eigenvalue weighted by Gasteiger charge is 2.07. The maximum Gasteiger partial charge on any atom is 0.128 e. The first-order valence-electron chi connectivity index (χ1n) is 5.61. The maximum absolute atomic E-state index is 9.40. The van der Waals surface area contributed by atoms with Crippen molar-refractivity contribution in [1.29, 1.82) is 0 Å². The Morgan fingerprint density at radius 3 is 2.88 bits per heavy atom. The van der Waals surface area contributed by atoms with Crippen LogP contribution in [0.4, 0.5) is 0 Å². The van der Waals surface area contributed by atoms with Gasteiger partial charge in [-0.05, 0) is 32.0 Å². The predicted molar refractivity (Wildman–Crippen MR) is 64.8 cm³/mol. The highest BCUT2D eigenvalue weighted by molar-refractivity contribution is 5.86. The molecule has 1 unspecified atom stereocenters. The Balaban J connectivity index is 2.44. The second-order valence-electron chi connectivity index (χ2n) is 3.94. The highest BCUT2D eigenvalue weighted by Crippen LogP contribution is 2.26. The van der Waals surface area contributed by atoms with Gasteiger partial charge in [0.05, 0.1) is 18.2 Å². The Labute approximate surface area is 95.3 Å². The van der Waals surface area contributed by atoms with Crippen LogP contribution in [-0.4, -0.2) is 22.4 Å². The Morgan fingerprint density at radius 1 is 1.38 bits per heavy atom. The van der Waals surface area contributed by atoms with Crippen molar-refractivity contribution in [2.75, 3.05) is 6.61 Å². The lowest BCUT2D eigenvalue weighted by molar-refractivity contribution is 0.175. The minimum Gasteiger partial charge on any atom is -0.493 e. The van der Waals surface area contributed by atoms with Crippen LogP contribution >= 0.6 is 0 Å². The molecule has 0 aliphatic heterocycles. The standard InChI is InChI=1S/C13H17NO2/c1-3-16-13-6-4-5-12-11(13)7-8-14(12)9-10(2)15/h4-8,10,15H,3,9H2,1-2H3. The third kappa shape index (κ3) is 2.04. The summed E-state index contributed by atoms with van der Waals surface area (Å²) in [6, 6.07) is 8.02. The molecular weight excluding hydrogens is 202 g/mol. The molecule has 0 aliphatic rings. The summed E-state index contributed by atoms with van der Waals surface area (Å²) in [6.45, 7) is 5.05. The first kappa shape index (κ1) is 11.0. The van der Waals surface area contributed by atoms with E-state index < -0.39 is 0 Å². The number of aromatic nitrogens is 1. The number of hydrogen-bond donors (Lipinski definition) is 1. The minimum atomic E-state index is -0.341. The van der Waals surface area contributed by atoms with Gasteiger partial charge in [-0.1, -0.05) is 6.07 Å². The van der Waals surface area contributed by atoms with Crippen LogP contribution in [0.15, 0.2) is 30.5 Å². The smallest absolute Gasteiger partial charge is 0.128 e. The van der Waals surface area contributed by atoms with Gasteiger partial charge < -0.3 is 14.4 Å². The van der Waals surface area contributed by atoms with Crippen molar-refractivity contribution in [2.45, 2.75) is 26.5 Å². The van der Waals surface area contributed by atoms with Crippen LogP contribution in [0.1, 0.15) is 13.8 Å². The summed E-state index contributed by atoms with van der Waals surface area (Å²) in [7, 11) is 0. The topological polar surface area (TPSA) is 34.4 Å². The van der Waals surface area contributed by atoms with E-state index in [1.165, 1.54) is 0 Å². The number of fused-ring (bicyclic) bond motifs is 1. The van der Waals surface area contributed by atoms with Crippen LogP contribution < -0.4 is 4.74 Å². The number of aliphatic hydroxyl groups is 1. The number of rotatable bonds is 4. The zero-order valence-electron chi connectivity index (χ0n) is 9.68. The third-order valence-electron chi connectivity index (χ3n) is 2.53. The molecule has 86 valence electrons. The fourth-order valence-electron chi connectivity index (χ4n) is 1.92. The predicted octanol–water partition coefficient (Wildman–Crippen LogP) is 2.42. The zero-order chi connectivity index (χ0) is 11.5. The van der Waals surface area contributed by atoms with Crippen LogP contribution in [0.2, 0.25) is 0 Å². The lowest BCUT2D eigenvalue weighted by atomic mass is 10.2. The molecule has 3 nitrogen and oxygen atoms in total. The van der Waals surface area contributed by atoms with Gasteiger partial charge >= 0.3 is 0 Å². The van der Waals surface area contributed by atoms with Gasteiger partial charge in [0.15, 0.2) is 0 Å². The normalized spacial score (nSPS) is 12.9. The Bertz CT molecular complexity index is 474. The molecule has 0 amide bonds. The first-order chi connectivity index (χ1) is 7.72. The van der Waals surface area contributed by atoms with Gasteiger partial charge in [-0.15, -0.1) is 0 Å². The lowest BCUT2D eigenvalue weighted by Gasteiger charge is -2.09. The molecule has 0 bridgehead atoms. The van der Waals surface area contributed by atoms with E-state index in [9.17, 15) is 5.11 Å². The molecule has 3 heteroatoms. The lowest BCUT2D eigenvalue weighted by Crippen LogP contribution is -2.10. The van der Waals surface area contributed by atoms with Crippen molar-refractivity contribution in [3.8, 4) is 5.75 Å². The SMILES string of the molecule is CCOc1cccc2c1ccn2CC(C)O. The average molecular weight is 219 g/mol. The van der Waals surface area contributed by atoms with Gasteiger partial charge in [-0.3, -0.25) is 0 Å². The molecule has 0 spiro atoms. The van der Waals surface area contributed by atoms with Crippen molar-refractivity contribution >= 4 is 10.9 Å². The van der Waals surface area contributed by atoms with Gasteiger partial charge in [-0.2, -0.15) is 0 Å². The molecule has 1 aromatic heterocycles. The Kier molecular flexibility index (Phi) is 3.15. The molecule has 0 saturated carbocycles. The second kappa shape index (κ2) is 4.58.